The molecule has 0 aliphatic carbocycles. The summed E-state index contributed by atoms with van der Waals surface area (Å²) in [6.45, 7) is 7.54. The molecule has 3 aliphatic heterocycles. The summed E-state index contributed by atoms with van der Waals surface area (Å²) < 4.78 is 0. The Morgan fingerprint density at radius 1 is 1.47 bits per heavy atom. The molecule has 98 valence electrons. The average Bonchev–Trinajstić information content (AvgIpc) is 2.38. The van der Waals surface area contributed by atoms with Crippen LogP contribution in [-0.4, -0.2) is 42.5 Å². The van der Waals surface area contributed by atoms with Gasteiger partial charge in [-0.05, 0) is 37.8 Å². The predicted molar refractivity (Wildman–Crippen MR) is 68.5 cm³/mol. The van der Waals surface area contributed by atoms with E-state index in [4.69, 9.17) is 5.73 Å². The summed E-state index contributed by atoms with van der Waals surface area (Å²) in [5, 5.41) is 3.16. The Kier molecular flexibility index (Phi) is 4.05. The summed E-state index contributed by atoms with van der Waals surface area (Å²) in [4.78, 5) is 14.5. The van der Waals surface area contributed by atoms with Gasteiger partial charge in [-0.2, -0.15) is 0 Å². The van der Waals surface area contributed by atoms with Crippen LogP contribution in [0.3, 0.4) is 0 Å². The lowest BCUT2D eigenvalue weighted by molar-refractivity contribution is -0.125. The number of rotatable bonds is 4. The lowest BCUT2D eigenvalue weighted by Gasteiger charge is -2.45. The van der Waals surface area contributed by atoms with Crippen LogP contribution >= 0.6 is 0 Å². The van der Waals surface area contributed by atoms with Gasteiger partial charge in [-0.3, -0.25) is 4.79 Å². The van der Waals surface area contributed by atoms with E-state index in [1.165, 1.54) is 25.9 Å². The lowest BCUT2D eigenvalue weighted by Crippen LogP contribution is -2.59. The summed E-state index contributed by atoms with van der Waals surface area (Å²) in [6, 6.07) is -0.0180. The molecular weight excluding hydrogens is 214 g/mol. The Morgan fingerprint density at radius 3 is 2.59 bits per heavy atom. The standard InChI is InChI=1S/C13H25N3O/c1-3-9(2)12(14)13(17)15-11-8-16-6-4-10(11)5-7-16/h9-12H,3-8,14H2,1-2H3,(H,15,17)/t9-,11?,12-/m0/s1. The smallest absolute Gasteiger partial charge is 0.237 e. The van der Waals surface area contributed by atoms with Crippen LogP contribution in [0.4, 0.5) is 0 Å². The largest absolute Gasteiger partial charge is 0.350 e. The number of nitrogens with zero attached hydrogens (tertiary/aromatic N) is 1. The van der Waals surface area contributed by atoms with Gasteiger partial charge in [0.05, 0.1) is 6.04 Å². The maximum atomic E-state index is 12.0. The average molecular weight is 239 g/mol. The minimum Gasteiger partial charge on any atom is -0.350 e. The molecule has 3 atom stereocenters. The topological polar surface area (TPSA) is 58.4 Å². The predicted octanol–water partition coefficient (Wildman–Crippen LogP) is 0.570. The number of nitrogens with two attached hydrogens (primary N) is 1. The molecule has 3 N–H and O–H groups in total. The van der Waals surface area contributed by atoms with Gasteiger partial charge in [0.2, 0.25) is 5.91 Å². The molecule has 0 aromatic heterocycles. The van der Waals surface area contributed by atoms with Gasteiger partial charge in [-0.1, -0.05) is 20.3 Å². The van der Waals surface area contributed by atoms with Crippen LogP contribution in [0.1, 0.15) is 33.1 Å². The van der Waals surface area contributed by atoms with Crippen LogP contribution in [0.25, 0.3) is 0 Å². The van der Waals surface area contributed by atoms with Gasteiger partial charge in [-0.25, -0.2) is 0 Å². The number of fused-ring (bicyclic) bond motifs is 3. The van der Waals surface area contributed by atoms with Crippen molar-refractivity contribution in [2.45, 2.75) is 45.2 Å². The zero-order valence-corrected chi connectivity index (χ0v) is 11.0. The van der Waals surface area contributed by atoms with Crippen LogP contribution in [0.5, 0.6) is 0 Å². The zero-order chi connectivity index (χ0) is 12.4. The fourth-order valence-electron chi connectivity index (χ4n) is 2.92. The van der Waals surface area contributed by atoms with E-state index in [-0.39, 0.29) is 17.9 Å². The van der Waals surface area contributed by atoms with E-state index in [0.29, 0.717) is 12.0 Å². The number of nitrogens with one attached hydrogen (secondary N) is 1. The Labute approximate surface area is 104 Å². The molecule has 3 rings (SSSR count). The Hall–Kier alpha value is -0.610. The van der Waals surface area contributed by atoms with Crippen molar-refractivity contribution in [3.8, 4) is 0 Å². The van der Waals surface area contributed by atoms with Crippen LogP contribution in [0.2, 0.25) is 0 Å². The number of carbonyl (C=O) groups excluding carboxylic acids is 1. The quantitative estimate of drug-likeness (QED) is 0.754. The van der Waals surface area contributed by atoms with E-state index in [9.17, 15) is 4.79 Å². The summed E-state index contributed by atoms with van der Waals surface area (Å²) >= 11 is 0. The molecule has 0 aromatic carbocycles. The first-order valence-electron chi connectivity index (χ1n) is 6.90. The molecule has 4 heteroatoms. The van der Waals surface area contributed by atoms with Crippen molar-refractivity contribution in [1.82, 2.24) is 10.2 Å². The van der Waals surface area contributed by atoms with Crippen molar-refractivity contribution in [1.29, 1.82) is 0 Å². The molecule has 3 aliphatic rings. The van der Waals surface area contributed by atoms with Crippen molar-refractivity contribution in [3.63, 3.8) is 0 Å². The first-order valence-corrected chi connectivity index (χ1v) is 6.90. The van der Waals surface area contributed by atoms with Gasteiger partial charge < -0.3 is 16.0 Å². The molecule has 0 radical (unpaired) electrons. The van der Waals surface area contributed by atoms with Gasteiger partial charge in [0.25, 0.3) is 0 Å². The normalized spacial score (nSPS) is 35.4. The van der Waals surface area contributed by atoms with Crippen LogP contribution in [0.15, 0.2) is 0 Å². The second-order valence-electron chi connectivity index (χ2n) is 5.66. The van der Waals surface area contributed by atoms with Crippen LogP contribution < -0.4 is 11.1 Å². The number of hydrogen-bond donors (Lipinski definition) is 2. The van der Waals surface area contributed by atoms with E-state index in [2.05, 4.69) is 17.1 Å². The fourth-order valence-corrected chi connectivity index (χ4v) is 2.92. The molecule has 4 nitrogen and oxygen atoms in total. The third-order valence-electron chi connectivity index (χ3n) is 4.54. The highest BCUT2D eigenvalue weighted by molar-refractivity contribution is 5.82. The molecular formula is C13H25N3O. The van der Waals surface area contributed by atoms with Crippen molar-refractivity contribution in [2.75, 3.05) is 19.6 Å². The van der Waals surface area contributed by atoms with Gasteiger partial charge in [0, 0.05) is 12.6 Å². The molecule has 17 heavy (non-hydrogen) atoms. The molecule has 1 unspecified atom stereocenters. The molecule has 0 aromatic rings. The number of piperidine rings is 3. The lowest BCUT2D eigenvalue weighted by atomic mass is 9.83. The van der Waals surface area contributed by atoms with Crippen molar-refractivity contribution in [2.24, 2.45) is 17.6 Å². The summed E-state index contributed by atoms with van der Waals surface area (Å²) in [5.74, 6) is 0.974. The molecule has 3 heterocycles. The minimum atomic E-state index is -0.351. The van der Waals surface area contributed by atoms with Crippen LogP contribution in [-0.2, 0) is 4.79 Å². The highest BCUT2D eigenvalue weighted by Gasteiger charge is 2.35. The molecule has 0 saturated carbocycles. The third-order valence-corrected chi connectivity index (χ3v) is 4.54. The van der Waals surface area contributed by atoms with Crippen LogP contribution in [0, 0.1) is 11.8 Å². The second-order valence-corrected chi connectivity index (χ2v) is 5.66. The Morgan fingerprint density at radius 2 is 2.12 bits per heavy atom. The van der Waals surface area contributed by atoms with Crippen molar-refractivity contribution >= 4 is 5.91 Å². The highest BCUT2D eigenvalue weighted by atomic mass is 16.2. The van der Waals surface area contributed by atoms with E-state index in [1.807, 2.05) is 6.92 Å². The fraction of sp³-hybridized carbons (Fsp3) is 0.923. The third kappa shape index (κ3) is 2.80. The maximum Gasteiger partial charge on any atom is 0.237 e. The van der Waals surface area contributed by atoms with Gasteiger partial charge in [0.1, 0.15) is 0 Å². The summed E-state index contributed by atoms with van der Waals surface area (Å²) in [5.41, 5.74) is 5.96. The van der Waals surface area contributed by atoms with Crippen molar-refractivity contribution < 1.29 is 4.79 Å². The molecule has 3 saturated heterocycles. The van der Waals surface area contributed by atoms with E-state index in [0.717, 1.165) is 13.0 Å². The molecule has 2 bridgehead atoms. The molecule has 3 fully saturated rings. The second kappa shape index (κ2) is 5.36. The van der Waals surface area contributed by atoms with E-state index >= 15 is 0 Å². The molecule has 1 amide bonds. The van der Waals surface area contributed by atoms with Crippen molar-refractivity contribution in [3.05, 3.63) is 0 Å². The maximum absolute atomic E-state index is 12.0. The number of amides is 1. The Balaban J connectivity index is 1.86. The Bertz CT molecular complexity index is 274. The first-order chi connectivity index (χ1) is 8.11. The van der Waals surface area contributed by atoms with Gasteiger partial charge in [-0.15, -0.1) is 0 Å². The first kappa shape index (κ1) is 12.8. The number of hydrogen-bond acceptors (Lipinski definition) is 3. The minimum absolute atomic E-state index is 0.0399. The summed E-state index contributed by atoms with van der Waals surface area (Å²) in [6.07, 6.45) is 3.40. The number of carbonyl (C=O) groups is 1. The van der Waals surface area contributed by atoms with E-state index < -0.39 is 0 Å². The zero-order valence-electron chi connectivity index (χ0n) is 11.0. The summed E-state index contributed by atoms with van der Waals surface area (Å²) in [7, 11) is 0. The van der Waals surface area contributed by atoms with Gasteiger partial charge >= 0.3 is 0 Å². The molecule has 0 spiro atoms. The van der Waals surface area contributed by atoms with E-state index in [1.54, 1.807) is 0 Å². The monoisotopic (exact) mass is 239 g/mol. The highest BCUT2D eigenvalue weighted by Crippen LogP contribution is 2.27. The van der Waals surface area contributed by atoms with Gasteiger partial charge in [0.15, 0.2) is 0 Å². The SMILES string of the molecule is CC[C@H](C)[C@H](N)C(=O)NC1CN2CCC1CC2.